The lowest BCUT2D eigenvalue weighted by atomic mass is 9.93. The van der Waals surface area contributed by atoms with Crippen molar-refractivity contribution in [2.24, 2.45) is 0 Å². The maximum atomic E-state index is 9.72. The van der Waals surface area contributed by atoms with Crippen LogP contribution < -0.4 is 0 Å². The number of rotatable bonds is 2. The minimum Gasteiger partial charge on any atom is -0.386 e. The predicted octanol–water partition coefficient (Wildman–Crippen LogP) is 3.17. The highest BCUT2D eigenvalue weighted by Gasteiger charge is 2.19. The molecule has 0 fully saturated rings. The molecule has 0 bridgehead atoms. The standard InChI is InChI=1S/C12H18O2.C2H6/c1-11(2,13)9-5-7-10(8-6-9)12(3,4)14;1-2/h5-8,13-14H,1-4H3;1-2H3. The van der Waals surface area contributed by atoms with Crippen LogP contribution in [-0.4, -0.2) is 10.2 Å². The van der Waals surface area contributed by atoms with E-state index >= 15 is 0 Å². The van der Waals surface area contributed by atoms with E-state index in [1.165, 1.54) is 0 Å². The van der Waals surface area contributed by atoms with Gasteiger partial charge in [-0.3, -0.25) is 0 Å². The van der Waals surface area contributed by atoms with Gasteiger partial charge in [0.25, 0.3) is 0 Å². The van der Waals surface area contributed by atoms with Crippen LogP contribution in [0.5, 0.6) is 0 Å². The van der Waals surface area contributed by atoms with E-state index in [0.29, 0.717) is 0 Å². The third-order valence-corrected chi connectivity index (χ3v) is 2.30. The van der Waals surface area contributed by atoms with Gasteiger partial charge in [-0.25, -0.2) is 0 Å². The highest BCUT2D eigenvalue weighted by molar-refractivity contribution is 5.28. The van der Waals surface area contributed by atoms with E-state index in [1.807, 2.05) is 38.1 Å². The predicted molar refractivity (Wildman–Crippen MR) is 68.3 cm³/mol. The number of hydrogen-bond acceptors (Lipinski definition) is 2. The molecule has 0 heterocycles. The second kappa shape index (κ2) is 5.46. The number of hydrogen-bond donors (Lipinski definition) is 2. The van der Waals surface area contributed by atoms with Crippen molar-refractivity contribution in [3.8, 4) is 0 Å². The van der Waals surface area contributed by atoms with Crippen LogP contribution in [0, 0.1) is 0 Å². The first-order valence-corrected chi connectivity index (χ1v) is 5.77. The molecule has 0 aliphatic carbocycles. The summed E-state index contributed by atoms with van der Waals surface area (Å²) in [6.45, 7) is 11.0. The van der Waals surface area contributed by atoms with Crippen LogP contribution in [0.4, 0.5) is 0 Å². The summed E-state index contributed by atoms with van der Waals surface area (Å²) in [5.74, 6) is 0. The van der Waals surface area contributed by atoms with E-state index in [2.05, 4.69) is 0 Å². The summed E-state index contributed by atoms with van der Waals surface area (Å²) >= 11 is 0. The monoisotopic (exact) mass is 224 g/mol. The Balaban J connectivity index is 0.00000106. The van der Waals surface area contributed by atoms with Gasteiger partial charge in [-0.05, 0) is 38.8 Å². The molecule has 2 nitrogen and oxygen atoms in total. The quantitative estimate of drug-likeness (QED) is 0.810. The van der Waals surface area contributed by atoms with Crippen LogP contribution in [0.15, 0.2) is 24.3 Å². The SMILES string of the molecule is CC.CC(C)(O)c1ccc(C(C)(C)O)cc1. The largest absolute Gasteiger partial charge is 0.386 e. The van der Waals surface area contributed by atoms with Gasteiger partial charge >= 0.3 is 0 Å². The molecule has 2 heteroatoms. The third kappa shape index (κ3) is 4.33. The second-order valence-corrected chi connectivity index (χ2v) is 4.70. The first kappa shape index (κ1) is 15.1. The molecule has 1 aromatic rings. The van der Waals surface area contributed by atoms with E-state index in [4.69, 9.17) is 0 Å². The molecule has 0 radical (unpaired) electrons. The van der Waals surface area contributed by atoms with Crippen molar-refractivity contribution in [1.82, 2.24) is 0 Å². The Morgan fingerprint density at radius 3 is 1.00 bits per heavy atom. The van der Waals surface area contributed by atoms with Gasteiger partial charge in [0.15, 0.2) is 0 Å². The smallest absolute Gasteiger partial charge is 0.0840 e. The second-order valence-electron chi connectivity index (χ2n) is 4.70. The van der Waals surface area contributed by atoms with Gasteiger partial charge in [0.1, 0.15) is 0 Å². The Labute approximate surface area is 98.9 Å². The molecular formula is C14H24O2. The molecule has 2 N–H and O–H groups in total. The Kier molecular flexibility index (Phi) is 5.17. The summed E-state index contributed by atoms with van der Waals surface area (Å²) in [5, 5.41) is 19.4. The van der Waals surface area contributed by atoms with Gasteiger partial charge < -0.3 is 10.2 Å². The summed E-state index contributed by atoms with van der Waals surface area (Å²) < 4.78 is 0. The Morgan fingerprint density at radius 2 is 0.875 bits per heavy atom. The molecule has 0 amide bonds. The summed E-state index contributed by atoms with van der Waals surface area (Å²) in [6.07, 6.45) is 0. The maximum absolute atomic E-state index is 9.72. The van der Waals surface area contributed by atoms with E-state index in [0.717, 1.165) is 11.1 Å². The maximum Gasteiger partial charge on any atom is 0.0840 e. The van der Waals surface area contributed by atoms with E-state index in [9.17, 15) is 10.2 Å². The molecule has 0 saturated carbocycles. The Hall–Kier alpha value is -0.860. The first-order chi connectivity index (χ1) is 7.21. The lowest BCUT2D eigenvalue weighted by molar-refractivity contribution is 0.0744. The first-order valence-electron chi connectivity index (χ1n) is 5.77. The van der Waals surface area contributed by atoms with Crippen molar-refractivity contribution in [2.75, 3.05) is 0 Å². The van der Waals surface area contributed by atoms with Gasteiger partial charge in [-0.1, -0.05) is 38.1 Å². The molecule has 0 aliphatic rings. The van der Waals surface area contributed by atoms with Gasteiger partial charge in [0, 0.05) is 0 Å². The molecule has 0 atom stereocenters. The Morgan fingerprint density at radius 1 is 0.688 bits per heavy atom. The zero-order valence-electron chi connectivity index (χ0n) is 11.2. The van der Waals surface area contributed by atoms with Gasteiger partial charge in [0.2, 0.25) is 0 Å². The van der Waals surface area contributed by atoms with Crippen molar-refractivity contribution in [1.29, 1.82) is 0 Å². The van der Waals surface area contributed by atoms with Gasteiger partial charge in [-0.2, -0.15) is 0 Å². The van der Waals surface area contributed by atoms with E-state index in [1.54, 1.807) is 27.7 Å². The van der Waals surface area contributed by atoms with Crippen molar-refractivity contribution < 1.29 is 10.2 Å². The minimum atomic E-state index is -0.821. The van der Waals surface area contributed by atoms with Crippen LogP contribution in [-0.2, 0) is 11.2 Å². The fraction of sp³-hybridized carbons (Fsp3) is 0.571. The molecule has 1 aromatic carbocycles. The average Bonchev–Trinajstić information content (AvgIpc) is 2.18. The minimum absolute atomic E-state index is 0.821. The Bertz CT molecular complexity index is 266. The average molecular weight is 224 g/mol. The molecule has 0 aliphatic heterocycles. The van der Waals surface area contributed by atoms with Crippen molar-refractivity contribution in [3.05, 3.63) is 35.4 Å². The lowest BCUT2D eigenvalue weighted by Crippen LogP contribution is -2.18. The van der Waals surface area contributed by atoms with Crippen molar-refractivity contribution >= 4 is 0 Å². The fourth-order valence-electron chi connectivity index (χ4n) is 1.29. The van der Waals surface area contributed by atoms with Crippen molar-refractivity contribution in [3.63, 3.8) is 0 Å². The van der Waals surface area contributed by atoms with Crippen LogP contribution in [0.1, 0.15) is 52.7 Å². The van der Waals surface area contributed by atoms with Crippen LogP contribution in [0.25, 0.3) is 0 Å². The number of benzene rings is 1. The molecule has 92 valence electrons. The molecule has 0 unspecified atom stereocenters. The van der Waals surface area contributed by atoms with E-state index < -0.39 is 11.2 Å². The molecular weight excluding hydrogens is 200 g/mol. The van der Waals surface area contributed by atoms with Crippen molar-refractivity contribution in [2.45, 2.75) is 52.7 Å². The zero-order chi connectivity index (χ0) is 13.0. The normalized spacial score (nSPS) is 11.8. The van der Waals surface area contributed by atoms with Crippen LogP contribution in [0.2, 0.25) is 0 Å². The molecule has 0 aromatic heterocycles. The van der Waals surface area contributed by atoms with E-state index in [-0.39, 0.29) is 0 Å². The fourth-order valence-corrected chi connectivity index (χ4v) is 1.29. The summed E-state index contributed by atoms with van der Waals surface area (Å²) in [6, 6.07) is 7.36. The summed E-state index contributed by atoms with van der Waals surface area (Å²) in [7, 11) is 0. The molecule has 16 heavy (non-hydrogen) atoms. The number of aliphatic hydroxyl groups is 2. The highest BCUT2D eigenvalue weighted by Crippen LogP contribution is 2.24. The van der Waals surface area contributed by atoms with Gasteiger partial charge in [0.05, 0.1) is 11.2 Å². The molecule has 0 spiro atoms. The third-order valence-electron chi connectivity index (χ3n) is 2.30. The summed E-state index contributed by atoms with van der Waals surface area (Å²) in [5.41, 5.74) is 0.0620. The van der Waals surface area contributed by atoms with Gasteiger partial charge in [-0.15, -0.1) is 0 Å². The van der Waals surface area contributed by atoms with Crippen LogP contribution in [0.3, 0.4) is 0 Å². The highest BCUT2D eigenvalue weighted by atomic mass is 16.3. The molecule has 0 saturated heterocycles. The zero-order valence-corrected chi connectivity index (χ0v) is 11.2. The lowest BCUT2D eigenvalue weighted by Gasteiger charge is -2.21. The topological polar surface area (TPSA) is 40.5 Å². The van der Waals surface area contributed by atoms with Crippen LogP contribution >= 0.6 is 0 Å². The summed E-state index contributed by atoms with van der Waals surface area (Å²) in [4.78, 5) is 0. The molecule has 1 rings (SSSR count).